The molecule has 0 aliphatic carbocycles. The van der Waals surface area contributed by atoms with E-state index >= 15 is 0 Å². The molecule has 1 fully saturated rings. The summed E-state index contributed by atoms with van der Waals surface area (Å²) in [4.78, 5) is 13.7. The fraction of sp³-hybridized carbons (Fsp3) is 0.381. The highest BCUT2D eigenvalue weighted by atomic mass is 32.2. The van der Waals surface area contributed by atoms with E-state index in [-0.39, 0.29) is 10.8 Å². The molecule has 0 unspecified atom stereocenters. The first-order valence-electron chi connectivity index (χ1n) is 9.51. The third-order valence-electron chi connectivity index (χ3n) is 5.28. The molecule has 29 heavy (non-hydrogen) atoms. The highest BCUT2D eigenvalue weighted by Crippen LogP contribution is 2.30. The Morgan fingerprint density at radius 2 is 1.76 bits per heavy atom. The molecule has 3 rings (SSSR count). The number of benzene rings is 2. The molecule has 1 heterocycles. The molecule has 2 aromatic rings. The molecule has 1 aliphatic rings. The fourth-order valence-electron chi connectivity index (χ4n) is 3.52. The summed E-state index contributed by atoms with van der Waals surface area (Å²) >= 11 is 0. The molecule has 8 heteroatoms. The number of methoxy groups -OCH3 is 1. The molecular formula is C21H27N3O4S. The van der Waals surface area contributed by atoms with Crippen LogP contribution in [0.3, 0.4) is 0 Å². The molecule has 0 radical (unpaired) electrons. The van der Waals surface area contributed by atoms with Gasteiger partial charge in [-0.2, -0.15) is 4.31 Å². The van der Waals surface area contributed by atoms with E-state index in [1.807, 2.05) is 6.07 Å². The van der Waals surface area contributed by atoms with E-state index in [0.717, 1.165) is 5.69 Å². The Kier molecular flexibility index (Phi) is 6.14. The first kappa shape index (κ1) is 21.1. The molecule has 1 saturated heterocycles. The fourth-order valence-corrected chi connectivity index (χ4v) is 4.96. The van der Waals surface area contributed by atoms with Gasteiger partial charge in [0.2, 0.25) is 15.9 Å². The number of hydrogen-bond donors (Lipinski definition) is 1. The molecule has 1 N–H and O–H groups in total. The zero-order valence-electron chi connectivity index (χ0n) is 17.2. The lowest BCUT2D eigenvalue weighted by atomic mass is 10.1. The largest absolute Gasteiger partial charge is 0.495 e. The Bertz CT molecular complexity index is 1010. The van der Waals surface area contributed by atoms with Gasteiger partial charge in [-0.25, -0.2) is 8.42 Å². The van der Waals surface area contributed by atoms with E-state index in [4.69, 9.17) is 4.74 Å². The first-order chi connectivity index (χ1) is 13.7. The van der Waals surface area contributed by atoms with Crippen LogP contribution in [-0.4, -0.2) is 51.9 Å². The third kappa shape index (κ3) is 4.38. The molecule has 0 spiro atoms. The van der Waals surface area contributed by atoms with Gasteiger partial charge in [0.15, 0.2) is 0 Å². The average molecular weight is 418 g/mol. The van der Waals surface area contributed by atoms with Gasteiger partial charge in [0.25, 0.3) is 0 Å². The first-order valence-corrected chi connectivity index (χ1v) is 10.9. The van der Waals surface area contributed by atoms with Crippen LogP contribution in [0.1, 0.15) is 18.1 Å². The van der Waals surface area contributed by atoms with Crippen LogP contribution < -0.4 is 15.0 Å². The van der Waals surface area contributed by atoms with Crippen molar-refractivity contribution in [1.82, 2.24) is 4.31 Å². The maximum atomic E-state index is 13.1. The highest BCUT2D eigenvalue weighted by Gasteiger charge is 2.29. The minimum atomic E-state index is -3.65. The predicted molar refractivity (Wildman–Crippen MR) is 114 cm³/mol. The van der Waals surface area contributed by atoms with Crippen molar-refractivity contribution in [1.29, 1.82) is 0 Å². The maximum absolute atomic E-state index is 13.1. The van der Waals surface area contributed by atoms with Crippen molar-refractivity contribution in [3.63, 3.8) is 0 Å². The third-order valence-corrected chi connectivity index (χ3v) is 7.17. The molecule has 0 aromatic heterocycles. The lowest BCUT2D eigenvalue weighted by Gasteiger charge is -2.36. The van der Waals surface area contributed by atoms with Gasteiger partial charge < -0.3 is 15.0 Å². The van der Waals surface area contributed by atoms with Crippen LogP contribution in [0.25, 0.3) is 0 Å². The van der Waals surface area contributed by atoms with Crippen LogP contribution in [0.5, 0.6) is 5.75 Å². The second-order valence-corrected chi connectivity index (χ2v) is 9.09. The minimum absolute atomic E-state index is 0.156. The quantitative estimate of drug-likeness (QED) is 0.809. The number of carbonyl (C=O) groups excluding carboxylic acids is 1. The van der Waals surface area contributed by atoms with E-state index in [1.165, 1.54) is 41.6 Å². The van der Waals surface area contributed by atoms with E-state index in [2.05, 4.69) is 36.2 Å². The summed E-state index contributed by atoms with van der Waals surface area (Å²) < 4.78 is 33.0. The van der Waals surface area contributed by atoms with Crippen LogP contribution in [-0.2, 0) is 14.8 Å². The van der Waals surface area contributed by atoms with Crippen molar-refractivity contribution in [2.45, 2.75) is 25.7 Å². The topological polar surface area (TPSA) is 79.0 Å². The molecule has 0 bridgehead atoms. The van der Waals surface area contributed by atoms with Crippen LogP contribution in [0.15, 0.2) is 41.3 Å². The molecule has 0 atom stereocenters. The minimum Gasteiger partial charge on any atom is -0.495 e. The molecule has 156 valence electrons. The van der Waals surface area contributed by atoms with E-state index in [1.54, 1.807) is 6.07 Å². The zero-order valence-corrected chi connectivity index (χ0v) is 18.0. The second kappa shape index (κ2) is 8.42. The number of sulfonamides is 1. The predicted octanol–water partition coefficient (Wildman–Crippen LogP) is 2.78. The van der Waals surface area contributed by atoms with E-state index < -0.39 is 10.0 Å². The monoisotopic (exact) mass is 417 g/mol. The molecule has 1 amide bonds. The van der Waals surface area contributed by atoms with Crippen molar-refractivity contribution in [3.8, 4) is 5.75 Å². The van der Waals surface area contributed by atoms with Crippen molar-refractivity contribution in [3.05, 3.63) is 47.5 Å². The van der Waals surface area contributed by atoms with Gasteiger partial charge in [0, 0.05) is 44.9 Å². The molecule has 2 aromatic carbocycles. The number of amides is 1. The molecular weight excluding hydrogens is 390 g/mol. The Morgan fingerprint density at radius 3 is 2.38 bits per heavy atom. The Morgan fingerprint density at radius 1 is 1.07 bits per heavy atom. The summed E-state index contributed by atoms with van der Waals surface area (Å²) in [6, 6.07) is 10.7. The van der Waals surface area contributed by atoms with Gasteiger partial charge in [0.05, 0.1) is 17.7 Å². The van der Waals surface area contributed by atoms with Crippen LogP contribution in [0.4, 0.5) is 11.4 Å². The van der Waals surface area contributed by atoms with Crippen LogP contribution in [0.2, 0.25) is 0 Å². The molecule has 1 aliphatic heterocycles. The van der Waals surface area contributed by atoms with Gasteiger partial charge in [-0.3, -0.25) is 4.79 Å². The summed E-state index contributed by atoms with van der Waals surface area (Å²) in [5, 5.41) is 2.64. The van der Waals surface area contributed by atoms with Crippen molar-refractivity contribution >= 4 is 27.3 Å². The van der Waals surface area contributed by atoms with Crippen LogP contribution in [0, 0.1) is 13.8 Å². The number of nitrogens with one attached hydrogen (secondary N) is 1. The lowest BCUT2D eigenvalue weighted by Crippen LogP contribution is -2.48. The SMILES string of the molecule is COc1cc(S(=O)(=O)N2CCN(c3cccc(C)c3C)CC2)ccc1NC(C)=O. The van der Waals surface area contributed by atoms with E-state index in [9.17, 15) is 13.2 Å². The number of hydrogen-bond acceptors (Lipinski definition) is 5. The normalized spacial score (nSPS) is 15.2. The Hall–Kier alpha value is -2.58. The van der Waals surface area contributed by atoms with E-state index in [0.29, 0.717) is 37.6 Å². The van der Waals surface area contributed by atoms with Crippen LogP contribution >= 0.6 is 0 Å². The molecule has 7 nitrogen and oxygen atoms in total. The number of piperazine rings is 1. The van der Waals surface area contributed by atoms with Crippen molar-refractivity contribution in [2.24, 2.45) is 0 Å². The van der Waals surface area contributed by atoms with Gasteiger partial charge in [-0.15, -0.1) is 0 Å². The number of ether oxygens (including phenoxy) is 1. The summed E-state index contributed by atoms with van der Waals surface area (Å²) in [5.41, 5.74) is 4.05. The van der Waals surface area contributed by atoms with Gasteiger partial charge in [-0.05, 0) is 43.2 Å². The number of rotatable bonds is 5. The number of nitrogens with zero attached hydrogens (tertiary/aromatic N) is 2. The lowest BCUT2D eigenvalue weighted by molar-refractivity contribution is -0.114. The number of anilines is 2. The van der Waals surface area contributed by atoms with Crippen molar-refractivity contribution < 1.29 is 17.9 Å². The highest BCUT2D eigenvalue weighted by molar-refractivity contribution is 7.89. The second-order valence-electron chi connectivity index (χ2n) is 7.15. The van der Waals surface area contributed by atoms with Crippen molar-refractivity contribution in [2.75, 3.05) is 43.5 Å². The summed E-state index contributed by atoms with van der Waals surface area (Å²) in [6.07, 6.45) is 0. The molecule has 0 saturated carbocycles. The maximum Gasteiger partial charge on any atom is 0.243 e. The van der Waals surface area contributed by atoms with Gasteiger partial charge >= 0.3 is 0 Å². The Balaban J connectivity index is 1.78. The Labute approximate surface area is 172 Å². The summed E-state index contributed by atoms with van der Waals surface area (Å²) in [7, 11) is -2.21. The summed E-state index contributed by atoms with van der Waals surface area (Å²) in [5.74, 6) is 0.0665. The number of carbonyl (C=O) groups is 1. The summed E-state index contributed by atoms with van der Waals surface area (Å²) in [6.45, 7) is 7.64. The smallest absolute Gasteiger partial charge is 0.243 e. The van der Waals surface area contributed by atoms with Gasteiger partial charge in [0.1, 0.15) is 5.75 Å². The zero-order chi connectivity index (χ0) is 21.2. The number of aryl methyl sites for hydroxylation is 1. The average Bonchev–Trinajstić information content (AvgIpc) is 2.70. The van der Waals surface area contributed by atoms with Gasteiger partial charge in [-0.1, -0.05) is 12.1 Å². The standard InChI is InChI=1S/C21H27N3O4S/c1-15-6-5-7-20(16(15)2)23-10-12-24(13-11-23)29(26,27)18-8-9-19(22-17(3)25)21(14-18)28-4/h5-9,14H,10-13H2,1-4H3,(H,22,25).